The molecular weight excluding hydrogens is 266 g/mol. The van der Waals surface area contributed by atoms with E-state index in [0.717, 1.165) is 25.8 Å². The maximum atomic E-state index is 11.5. The van der Waals surface area contributed by atoms with Crippen LogP contribution < -0.4 is 5.32 Å². The number of nitrogens with one attached hydrogen (secondary N) is 1. The molecular formula is C12H21N3O3S. The van der Waals surface area contributed by atoms with Crippen LogP contribution in [0.25, 0.3) is 0 Å². The predicted octanol–water partition coefficient (Wildman–Crippen LogP) is 1.42. The highest BCUT2D eigenvalue weighted by molar-refractivity contribution is 7.90. The summed E-state index contributed by atoms with van der Waals surface area (Å²) < 4.78 is 28.3. The van der Waals surface area contributed by atoms with Gasteiger partial charge in [0.2, 0.25) is 5.89 Å². The van der Waals surface area contributed by atoms with E-state index in [4.69, 9.17) is 4.52 Å². The number of nitrogens with zero attached hydrogens (tertiary/aromatic N) is 2. The Kier molecular flexibility index (Phi) is 4.25. The van der Waals surface area contributed by atoms with Crippen LogP contribution in [0.1, 0.15) is 56.0 Å². The van der Waals surface area contributed by atoms with E-state index in [-0.39, 0.29) is 11.7 Å². The Balaban J connectivity index is 2.17. The predicted molar refractivity (Wildman–Crippen MR) is 71.6 cm³/mol. The summed E-state index contributed by atoms with van der Waals surface area (Å²) in [7, 11) is -3.19. The third-order valence-corrected chi connectivity index (χ3v) is 5.26. The molecule has 19 heavy (non-hydrogen) atoms. The first kappa shape index (κ1) is 14.5. The number of hydrogen-bond donors (Lipinski definition) is 1. The Morgan fingerprint density at radius 3 is 2.84 bits per heavy atom. The fourth-order valence-corrected chi connectivity index (χ4v) is 3.00. The highest BCUT2D eigenvalue weighted by Crippen LogP contribution is 2.34. The summed E-state index contributed by atoms with van der Waals surface area (Å²) in [5.74, 6) is 1.03. The number of aromatic nitrogens is 2. The molecule has 108 valence electrons. The molecule has 0 spiro atoms. The zero-order valence-corrected chi connectivity index (χ0v) is 12.4. The van der Waals surface area contributed by atoms with Crippen molar-refractivity contribution < 1.29 is 12.9 Å². The van der Waals surface area contributed by atoms with Crippen LogP contribution in [0, 0.1) is 0 Å². The van der Waals surface area contributed by atoms with Gasteiger partial charge in [-0.2, -0.15) is 4.98 Å². The Bertz CT molecular complexity index is 526. The molecule has 3 atom stereocenters. The molecule has 0 aromatic carbocycles. The van der Waals surface area contributed by atoms with Crippen molar-refractivity contribution >= 4 is 9.84 Å². The van der Waals surface area contributed by atoms with Gasteiger partial charge in [0, 0.05) is 12.3 Å². The monoisotopic (exact) mass is 287 g/mol. The van der Waals surface area contributed by atoms with Crippen LogP contribution in [0.4, 0.5) is 0 Å². The van der Waals surface area contributed by atoms with Gasteiger partial charge in [-0.15, -0.1) is 0 Å². The van der Waals surface area contributed by atoms with Crippen LogP contribution in [0.5, 0.6) is 0 Å². The van der Waals surface area contributed by atoms with Crippen LogP contribution in [-0.4, -0.2) is 37.4 Å². The highest BCUT2D eigenvalue weighted by atomic mass is 32.2. The second kappa shape index (κ2) is 5.58. The molecule has 0 amide bonds. The van der Waals surface area contributed by atoms with Gasteiger partial charge in [0.15, 0.2) is 15.7 Å². The van der Waals surface area contributed by atoms with Crippen LogP contribution >= 0.6 is 0 Å². The topological polar surface area (TPSA) is 85.1 Å². The lowest BCUT2D eigenvalue weighted by Crippen LogP contribution is -2.31. The van der Waals surface area contributed by atoms with E-state index in [2.05, 4.69) is 22.4 Å². The van der Waals surface area contributed by atoms with E-state index in [1.807, 2.05) is 0 Å². The zero-order chi connectivity index (χ0) is 14.0. The summed E-state index contributed by atoms with van der Waals surface area (Å²) in [6, 6.07) is 0.354. The van der Waals surface area contributed by atoms with E-state index in [9.17, 15) is 8.42 Å². The van der Waals surface area contributed by atoms with Gasteiger partial charge in [-0.1, -0.05) is 18.5 Å². The smallest absolute Gasteiger partial charge is 0.231 e. The Labute approximate surface area is 113 Å². The van der Waals surface area contributed by atoms with Crippen molar-refractivity contribution in [2.75, 3.05) is 12.8 Å². The highest BCUT2D eigenvalue weighted by Gasteiger charge is 2.33. The Morgan fingerprint density at radius 1 is 1.47 bits per heavy atom. The van der Waals surface area contributed by atoms with Crippen molar-refractivity contribution in [1.82, 2.24) is 15.5 Å². The second-order valence-corrected chi connectivity index (χ2v) is 7.53. The van der Waals surface area contributed by atoms with Gasteiger partial charge in [-0.25, -0.2) is 8.42 Å². The van der Waals surface area contributed by atoms with Gasteiger partial charge in [-0.3, -0.25) is 0 Å². The van der Waals surface area contributed by atoms with Crippen molar-refractivity contribution in [3.63, 3.8) is 0 Å². The number of hydrogen-bond acceptors (Lipinski definition) is 6. The number of rotatable bonds is 5. The molecule has 6 nitrogen and oxygen atoms in total. The lowest BCUT2D eigenvalue weighted by Gasteiger charge is -2.16. The molecule has 1 heterocycles. The Morgan fingerprint density at radius 2 is 2.21 bits per heavy atom. The lowest BCUT2D eigenvalue weighted by molar-refractivity contribution is 0.329. The molecule has 1 fully saturated rings. The van der Waals surface area contributed by atoms with Gasteiger partial charge >= 0.3 is 0 Å². The van der Waals surface area contributed by atoms with Crippen molar-refractivity contribution in [3.05, 3.63) is 11.7 Å². The molecule has 2 rings (SSSR count). The molecule has 1 aromatic heterocycles. The molecule has 0 radical (unpaired) electrons. The SMILES string of the molecule is CCNC1CCCC1c1nc(C(C)S(C)(=O)=O)no1. The molecule has 0 saturated heterocycles. The van der Waals surface area contributed by atoms with E-state index < -0.39 is 15.1 Å². The van der Waals surface area contributed by atoms with Crippen molar-refractivity contribution in [2.45, 2.75) is 50.3 Å². The van der Waals surface area contributed by atoms with Crippen LogP contribution in [0.3, 0.4) is 0 Å². The third-order valence-electron chi connectivity index (χ3n) is 3.76. The molecule has 1 aliphatic carbocycles. The second-order valence-electron chi connectivity index (χ2n) is 5.16. The van der Waals surface area contributed by atoms with Crippen molar-refractivity contribution in [2.24, 2.45) is 0 Å². The van der Waals surface area contributed by atoms with Crippen molar-refractivity contribution in [3.8, 4) is 0 Å². The minimum absolute atomic E-state index is 0.202. The maximum absolute atomic E-state index is 11.5. The molecule has 1 saturated carbocycles. The minimum Gasteiger partial charge on any atom is -0.339 e. The fraction of sp³-hybridized carbons (Fsp3) is 0.833. The van der Waals surface area contributed by atoms with Crippen LogP contribution in [0.2, 0.25) is 0 Å². The van der Waals surface area contributed by atoms with Gasteiger partial charge < -0.3 is 9.84 Å². The minimum atomic E-state index is -3.19. The third kappa shape index (κ3) is 3.14. The summed E-state index contributed by atoms with van der Waals surface area (Å²) in [6.45, 7) is 4.56. The average molecular weight is 287 g/mol. The number of likely N-dealkylation sites (N-methyl/N-ethyl adjacent to an activating group) is 1. The molecule has 1 N–H and O–H groups in total. The zero-order valence-electron chi connectivity index (χ0n) is 11.6. The molecule has 1 aliphatic rings. The summed E-state index contributed by atoms with van der Waals surface area (Å²) in [5.41, 5.74) is 0. The van der Waals surface area contributed by atoms with Gasteiger partial charge in [-0.05, 0) is 26.3 Å². The standard InChI is InChI=1S/C12H21N3O3S/c1-4-13-10-7-5-6-9(10)12-14-11(15-18-12)8(2)19(3,16)17/h8-10,13H,4-7H2,1-3H3. The first-order valence-electron chi connectivity index (χ1n) is 6.69. The van der Waals surface area contributed by atoms with E-state index in [1.165, 1.54) is 6.26 Å². The molecule has 3 unspecified atom stereocenters. The van der Waals surface area contributed by atoms with Gasteiger partial charge in [0.1, 0.15) is 5.25 Å². The quantitative estimate of drug-likeness (QED) is 0.881. The largest absolute Gasteiger partial charge is 0.339 e. The van der Waals surface area contributed by atoms with E-state index in [1.54, 1.807) is 6.92 Å². The molecule has 0 aliphatic heterocycles. The normalized spacial score (nSPS) is 25.6. The summed E-state index contributed by atoms with van der Waals surface area (Å²) in [6.07, 6.45) is 4.41. The maximum Gasteiger partial charge on any atom is 0.231 e. The molecule has 7 heteroatoms. The van der Waals surface area contributed by atoms with Crippen LogP contribution in [0.15, 0.2) is 4.52 Å². The fourth-order valence-electron chi connectivity index (χ4n) is 2.52. The summed E-state index contributed by atoms with van der Waals surface area (Å²) in [4.78, 5) is 4.29. The van der Waals surface area contributed by atoms with Crippen molar-refractivity contribution in [1.29, 1.82) is 0 Å². The van der Waals surface area contributed by atoms with E-state index in [0.29, 0.717) is 11.9 Å². The summed E-state index contributed by atoms with van der Waals surface area (Å²) >= 11 is 0. The lowest BCUT2D eigenvalue weighted by atomic mass is 10.0. The first-order chi connectivity index (χ1) is 8.93. The van der Waals surface area contributed by atoms with Gasteiger partial charge in [0.05, 0.1) is 5.92 Å². The van der Waals surface area contributed by atoms with Crippen LogP contribution in [-0.2, 0) is 9.84 Å². The van der Waals surface area contributed by atoms with E-state index >= 15 is 0 Å². The number of sulfone groups is 1. The molecule has 0 bridgehead atoms. The summed E-state index contributed by atoms with van der Waals surface area (Å²) in [5, 5.41) is 6.53. The Hall–Kier alpha value is -0.950. The average Bonchev–Trinajstić information content (AvgIpc) is 2.94. The first-order valence-corrected chi connectivity index (χ1v) is 8.64. The van der Waals surface area contributed by atoms with Gasteiger partial charge in [0.25, 0.3) is 0 Å². The molecule has 1 aromatic rings.